The highest BCUT2D eigenvalue weighted by molar-refractivity contribution is 6.00. The van der Waals surface area contributed by atoms with Crippen molar-refractivity contribution < 1.29 is 18.7 Å². The second kappa shape index (κ2) is 7.79. The predicted molar refractivity (Wildman–Crippen MR) is 86.5 cm³/mol. The van der Waals surface area contributed by atoms with Crippen LogP contribution in [-0.2, 0) is 11.4 Å². The largest absolute Gasteiger partial charge is 0.493 e. The maximum absolute atomic E-state index is 13.2. The molecule has 2 N–H and O–H groups in total. The highest BCUT2D eigenvalue weighted by Crippen LogP contribution is 2.29. The molecule has 0 saturated heterocycles. The average Bonchev–Trinajstić information content (AvgIpc) is 2.58. The van der Waals surface area contributed by atoms with Crippen molar-refractivity contribution in [1.82, 2.24) is 0 Å². The van der Waals surface area contributed by atoms with Gasteiger partial charge in [-0.2, -0.15) is 5.26 Å². The molecule has 2 rings (SSSR count). The van der Waals surface area contributed by atoms with Crippen LogP contribution in [0.1, 0.15) is 11.1 Å². The van der Waals surface area contributed by atoms with Crippen LogP contribution in [0.25, 0.3) is 6.08 Å². The van der Waals surface area contributed by atoms with Crippen LogP contribution in [0.4, 0.5) is 4.39 Å². The number of hydrogen-bond donors (Lipinski definition) is 1. The summed E-state index contributed by atoms with van der Waals surface area (Å²) in [7, 11) is 1.47. The molecule has 0 aliphatic carbocycles. The molecular formula is C18H15FN2O3. The molecule has 0 heterocycles. The van der Waals surface area contributed by atoms with E-state index in [1.54, 1.807) is 36.4 Å². The lowest BCUT2D eigenvalue weighted by molar-refractivity contribution is -0.114. The van der Waals surface area contributed by atoms with Gasteiger partial charge in [0, 0.05) is 0 Å². The molecule has 0 aliphatic heterocycles. The van der Waals surface area contributed by atoms with E-state index in [2.05, 4.69) is 0 Å². The van der Waals surface area contributed by atoms with Gasteiger partial charge in [-0.15, -0.1) is 0 Å². The molecule has 2 aromatic carbocycles. The van der Waals surface area contributed by atoms with Gasteiger partial charge in [-0.25, -0.2) is 4.39 Å². The second-order valence-electron chi connectivity index (χ2n) is 4.86. The van der Waals surface area contributed by atoms with Gasteiger partial charge in [-0.3, -0.25) is 4.79 Å². The quantitative estimate of drug-likeness (QED) is 0.653. The lowest BCUT2D eigenvalue weighted by atomic mass is 10.1. The standard InChI is InChI=1S/C18H15FN2O3/c1-23-17-9-12(7-14(10-20)18(21)22)5-6-16(17)24-11-13-3-2-4-15(19)8-13/h2-9H,11H2,1H3,(H2,21,22)/b14-7-. The van der Waals surface area contributed by atoms with E-state index in [4.69, 9.17) is 20.5 Å². The number of ether oxygens (including phenoxy) is 2. The SMILES string of the molecule is COc1cc(/C=C(/C#N)C(N)=O)ccc1OCc1cccc(F)c1. The van der Waals surface area contributed by atoms with Gasteiger partial charge < -0.3 is 15.2 Å². The van der Waals surface area contributed by atoms with Gasteiger partial charge in [0.15, 0.2) is 11.5 Å². The summed E-state index contributed by atoms with van der Waals surface area (Å²) in [6.07, 6.45) is 1.36. The van der Waals surface area contributed by atoms with Crippen LogP contribution >= 0.6 is 0 Å². The van der Waals surface area contributed by atoms with Crippen molar-refractivity contribution >= 4 is 12.0 Å². The van der Waals surface area contributed by atoms with Crippen LogP contribution in [-0.4, -0.2) is 13.0 Å². The van der Waals surface area contributed by atoms with Crippen LogP contribution < -0.4 is 15.2 Å². The topological polar surface area (TPSA) is 85.3 Å². The Morgan fingerprint density at radius 3 is 2.71 bits per heavy atom. The number of primary amides is 1. The van der Waals surface area contributed by atoms with Gasteiger partial charge in [0.25, 0.3) is 5.91 Å². The van der Waals surface area contributed by atoms with Gasteiger partial charge >= 0.3 is 0 Å². The van der Waals surface area contributed by atoms with Gasteiger partial charge in [-0.05, 0) is 41.5 Å². The van der Waals surface area contributed by atoms with Gasteiger partial charge in [0.2, 0.25) is 0 Å². The molecule has 0 spiro atoms. The van der Waals surface area contributed by atoms with Crippen LogP contribution in [0.3, 0.4) is 0 Å². The minimum absolute atomic E-state index is 0.162. The Morgan fingerprint density at radius 1 is 1.29 bits per heavy atom. The summed E-state index contributed by atoms with van der Waals surface area (Å²) in [5.74, 6) is -0.264. The minimum Gasteiger partial charge on any atom is -0.493 e. The number of halogens is 1. The number of amides is 1. The molecule has 5 nitrogen and oxygen atoms in total. The van der Waals surface area contributed by atoms with Crippen molar-refractivity contribution in [3.05, 3.63) is 65.0 Å². The maximum atomic E-state index is 13.2. The van der Waals surface area contributed by atoms with Crippen molar-refractivity contribution in [3.63, 3.8) is 0 Å². The molecule has 0 atom stereocenters. The summed E-state index contributed by atoms with van der Waals surface area (Å²) < 4.78 is 24.0. The minimum atomic E-state index is -0.803. The van der Waals surface area contributed by atoms with Crippen LogP contribution in [0.5, 0.6) is 11.5 Å². The van der Waals surface area contributed by atoms with E-state index in [0.29, 0.717) is 22.6 Å². The van der Waals surface area contributed by atoms with Crippen molar-refractivity contribution in [3.8, 4) is 17.6 Å². The van der Waals surface area contributed by atoms with Gasteiger partial charge in [-0.1, -0.05) is 18.2 Å². The zero-order chi connectivity index (χ0) is 17.5. The average molecular weight is 326 g/mol. The lowest BCUT2D eigenvalue weighted by Gasteiger charge is -2.11. The first-order valence-electron chi connectivity index (χ1n) is 7.00. The van der Waals surface area contributed by atoms with Crippen molar-refractivity contribution in [2.24, 2.45) is 5.73 Å². The normalized spacial score (nSPS) is 10.8. The van der Waals surface area contributed by atoms with Gasteiger partial charge in [0.1, 0.15) is 24.1 Å². The zero-order valence-corrected chi connectivity index (χ0v) is 13.0. The molecule has 0 bridgehead atoms. The third kappa shape index (κ3) is 4.34. The third-order valence-electron chi connectivity index (χ3n) is 3.17. The number of nitrogens with two attached hydrogens (primary N) is 1. The highest BCUT2D eigenvalue weighted by Gasteiger charge is 2.08. The Bertz CT molecular complexity index is 825. The molecule has 122 valence electrons. The summed E-state index contributed by atoms with van der Waals surface area (Å²) in [6.45, 7) is 0.175. The number of carbonyl (C=O) groups excluding carboxylic acids is 1. The Balaban J connectivity index is 2.20. The molecule has 0 radical (unpaired) electrons. The molecule has 0 unspecified atom stereocenters. The molecule has 6 heteroatoms. The fourth-order valence-electron chi connectivity index (χ4n) is 2.01. The maximum Gasteiger partial charge on any atom is 0.259 e. The number of nitrogens with zero attached hydrogens (tertiary/aromatic N) is 1. The number of rotatable bonds is 6. The first-order chi connectivity index (χ1) is 11.5. The fourth-order valence-corrected chi connectivity index (χ4v) is 2.01. The summed E-state index contributed by atoms with van der Waals surface area (Å²) in [4.78, 5) is 11.1. The molecular weight excluding hydrogens is 311 g/mol. The number of hydrogen-bond acceptors (Lipinski definition) is 4. The van der Waals surface area contributed by atoms with E-state index in [1.807, 2.05) is 0 Å². The lowest BCUT2D eigenvalue weighted by Crippen LogP contribution is -2.12. The number of carbonyl (C=O) groups is 1. The molecule has 1 amide bonds. The molecule has 0 aromatic heterocycles. The monoisotopic (exact) mass is 326 g/mol. The van der Waals surface area contributed by atoms with E-state index < -0.39 is 5.91 Å². The summed E-state index contributed by atoms with van der Waals surface area (Å²) in [6, 6.07) is 12.7. The van der Waals surface area contributed by atoms with E-state index >= 15 is 0 Å². The van der Waals surface area contributed by atoms with Crippen LogP contribution in [0.15, 0.2) is 48.0 Å². The summed E-state index contributed by atoms with van der Waals surface area (Å²) >= 11 is 0. The number of methoxy groups -OCH3 is 1. The third-order valence-corrected chi connectivity index (χ3v) is 3.17. The summed E-state index contributed by atoms with van der Waals surface area (Å²) in [5, 5.41) is 8.87. The molecule has 0 fully saturated rings. The van der Waals surface area contributed by atoms with Crippen LogP contribution in [0.2, 0.25) is 0 Å². The Morgan fingerprint density at radius 2 is 2.08 bits per heavy atom. The molecule has 0 aliphatic rings. The van der Waals surface area contributed by atoms with E-state index in [0.717, 1.165) is 0 Å². The van der Waals surface area contributed by atoms with Gasteiger partial charge in [0.05, 0.1) is 7.11 Å². The van der Waals surface area contributed by atoms with Crippen molar-refractivity contribution in [1.29, 1.82) is 5.26 Å². The van der Waals surface area contributed by atoms with Crippen molar-refractivity contribution in [2.75, 3.05) is 7.11 Å². The number of benzene rings is 2. The first-order valence-corrected chi connectivity index (χ1v) is 7.00. The smallest absolute Gasteiger partial charge is 0.259 e. The first kappa shape index (κ1) is 17.0. The Hall–Kier alpha value is -3.33. The fraction of sp³-hybridized carbons (Fsp3) is 0.111. The number of nitriles is 1. The summed E-state index contributed by atoms with van der Waals surface area (Å²) in [5.41, 5.74) is 6.19. The molecule has 24 heavy (non-hydrogen) atoms. The highest BCUT2D eigenvalue weighted by atomic mass is 19.1. The van der Waals surface area contributed by atoms with Crippen molar-refractivity contribution in [2.45, 2.75) is 6.61 Å². The van der Waals surface area contributed by atoms with E-state index in [9.17, 15) is 9.18 Å². The molecule has 2 aromatic rings. The zero-order valence-electron chi connectivity index (χ0n) is 13.0. The van der Waals surface area contributed by atoms with E-state index in [1.165, 1.54) is 25.3 Å². The van der Waals surface area contributed by atoms with E-state index in [-0.39, 0.29) is 18.0 Å². The predicted octanol–water partition coefficient (Wildman–Crippen LogP) is 2.81. The Kier molecular flexibility index (Phi) is 5.53. The molecule has 0 saturated carbocycles. The second-order valence-corrected chi connectivity index (χ2v) is 4.86. The Labute approximate surface area is 138 Å². The van der Waals surface area contributed by atoms with Crippen LogP contribution in [0, 0.1) is 17.1 Å².